The van der Waals surface area contributed by atoms with Crippen molar-refractivity contribution in [1.29, 1.82) is 0 Å². The summed E-state index contributed by atoms with van der Waals surface area (Å²) >= 11 is 0. The number of rotatable bonds is 9. The molecular formula is C34H27FO9. The molecule has 4 aromatic carbocycles. The lowest BCUT2D eigenvalue weighted by Crippen LogP contribution is -2.63. The highest BCUT2D eigenvalue weighted by molar-refractivity contribution is 5.92. The first-order valence-electron chi connectivity index (χ1n) is 13.7. The van der Waals surface area contributed by atoms with Gasteiger partial charge in [0.2, 0.25) is 12.4 Å². The highest BCUT2D eigenvalue weighted by atomic mass is 19.1. The lowest BCUT2D eigenvalue weighted by molar-refractivity contribution is -0.280. The van der Waals surface area contributed by atoms with Crippen molar-refractivity contribution in [3.05, 3.63) is 144 Å². The Morgan fingerprint density at radius 3 is 1.16 bits per heavy atom. The molecule has 0 amide bonds. The number of alkyl halides is 1. The van der Waals surface area contributed by atoms with Gasteiger partial charge in [0.1, 0.15) is 12.8 Å². The molecule has 44 heavy (non-hydrogen) atoms. The van der Waals surface area contributed by atoms with Gasteiger partial charge in [0.05, 0.1) is 22.3 Å². The molecule has 0 spiro atoms. The molecule has 0 radical (unpaired) electrons. The van der Waals surface area contributed by atoms with Crippen LogP contribution in [0.2, 0.25) is 0 Å². The summed E-state index contributed by atoms with van der Waals surface area (Å²) in [5, 5.41) is 0. The van der Waals surface area contributed by atoms with Crippen LogP contribution in [0.1, 0.15) is 41.4 Å². The lowest BCUT2D eigenvalue weighted by Gasteiger charge is -2.43. The Morgan fingerprint density at radius 1 is 0.477 bits per heavy atom. The van der Waals surface area contributed by atoms with Crippen molar-refractivity contribution in [3.8, 4) is 0 Å². The van der Waals surface area contributed by atoms with Crippen molar-refractivity contribution in [1.82, 2.24) is 0 Å². The van der Waals surface area contributed by atoms with Crippen LogP contribution in [0, 0.1) is 0 Å². The zero-order valence-corrected chi connectivity index (χ0v) is 23.2. The summed E-state index contributed by atoms with van der Waals surface area (Å²) in [6.07, 6.45) is -8.28. The van der Waals surface area contributed by atoms with Gasteiger partial charge in [0.15, 0.2) is 12.2 Å². The molecule has 5 rings (SSSR count). The highest BCUT2D eigenvalue weighted by Crippen LogP contribution is 2.32. The second-order valence-corrected chi connectivity index (χ2v) is 9.68. The van der Waals surface area contributed by atoms with E-state index in [0.29, 0.717) is 0 Å². The van der Waals surface area contributed by atoms with Crippen LogP contribution in [0.4, 0.5) is 4.39 Å². The largest absolute Gasteiger partial charge is 0.452 e. The quantitative estimate of drug-likeness (QED) is 0.189. The van der Waals surface area contributed by atoms with Crippen LogP contribution >= 0.6 is 0 Å². The molecule has 1 aliphatic heterocycles. The Balaban J connectivity index is 1.54. The van der Waals surface area contributed by atoms with E-state index in [1.54, 1.807) is 72.8 Å². The minimum absolute atomic E-state index is 0.120. The van der Waals surface area contributed by atoms with E-state index in [0.717, 1.165) is 0 Å². The van der Waals surface area contributed by atoms with E-state index in [4.69, 9.17) is 23.7 Å². The first-order chi connectivity index (χ1) is 21.4. The third kappa shape index (κ3) is 7.16. The van der Waals surface area contributed by atoms with Crippen LogP contribution in [0.25, 0.3) is 0 Å². The molecule has 0 aliphatic carbocycles. The predicted octanol–water partition coefficient (Wildman–Crippen LogP) is 5.21. The van der Waals surface area contributed by atoms with Crippen LogP contribution in [-0.2, 0) is 23.7 Å². The summed E-state index contributed by atoms with van der Waals surface area (Å²) in [5.41, 5.74) is 0.513. The van der Waals surface area contributed by atoms with Gasteiger partial charge in [-0.2, -0.15) is 0 Å². The minimum Gasteiger partial charge on any atom is -0.452 e. The van der Waals surface area contributed by atoms with Crippen molar-refractivity contribution in [2.75, 3.05) is 6.67 Å². The van der Waals surface area contributed by atoms with Gasteiger partial charge in [-0.05, 0) is 48.5 Å². The fourth-order valence-corrected chi connectivity index (χ4v) is 4.54. The van der Waals surface area contributed by atoms with Crippen molar-refractivity contribution in [2.45, 2.75) is 30.7 Å². The number of carbonyl (C=O) groups is 4. The van der Waals surface area contributed by atoms with Crippen LogP contribution < -0.4 is 0 Å². The van der Waals surface area contributed by atoms with E-state index in [1.165, 1.54) is 48.5 Å². The molecule has 0 unspecified atom stereocenters. The molecule has 0 bridgehead atoms. The normalized spacial score (nSPS) is 21.0. The third-order valence-corrected chi connectivity index (χ3v) is 6.73. The molecule has 1 aliphatic rings. The Hall–Kier alpha value is -5.35. The molecule has 5 atom stereocenters. The number of benzene rings is 4. The van der Waals surface area contributed by atoms with Gasteiger partial charge in [-0.3, -0.25) is 0 Å². The monoisotopic (exact) mass is 598 g/mol. The molecule has 0 aromatic heterocycles. The molecule has 0 N–H and O–H groups in total. The van der Waals surface area contributed by atoms with Crippen LogP contribution in [0.3, 0.4) is 0 Å². The molecular weight excluding hydrogens is 571 g/mol. The van der Waals surface area contributed by atoms with E-state index in [1.807, 2.05) is 0 Å². The zero-order valence-electron chi connectivity index (χ0n) is 23.2. The Kier molecular flexibility index (Phi) is 9.73. The minimum atomic E-state index is -1.75. The second kappa shape index (κ2) is 14.2. The average molecular weight is 599 g/mol. The van der Waals surface area contributed by atoms with Gasteiger partial charge < -0.3 is 23.7 Å². The van der Waals surface area contributed by atoms with E-state index < -0.39 is 61.3 Å². The fraction of sp³-hybridized carbons (Fsp3) is 0.176. The summed E-state index contributed by atoms with van der Waals surface area (Å²) < 4.78 is 43.2. The molecule has 4 aromatic rings. The van der Waals surface area contributed by atoms with Gasteiger partial charge in [-0.1, -0.05) is 72.8 Å². The van der Waals surface area contributed by atoms with Gasteiger partial charge in [-0.15, -0.1) is 0 Å². The van der Waals surface area contributed by atoms with Crippen LogP contribution in [-0.4, -0.2) is 61.3 Å². The molecule has 1 heterocycles. The Morgan fingerprint density at radius 2 is 0.795 bits per heavy atom. The second-order valence-electron chi connectivity index (χ2n) is 9.68. The average Bonchev–Trinajstić information content (AvgIpc) is 3.08. The first-order valence-corrected chi connectivity index (χ1v) is 13.7. The maximum absolute atomic E-state index is 14.6. The molecule has 10 heteroatoms. The van der Waals surface area contributed by atoms with Crippen molar-refractivity contribution in [2.24, 2.45) is 0 Å². The van der Waals surface area contributed by atoms with E-state index >= 15 is 0 Å². The summed E-state index contributed by atoms with van der Waals surface area (Å²) in [4.78, 5) is 52.8. The first kappa shape index (κ1) is 30.1. The zero-order chi connectivity index (χ0) is 30.9. The maximum Gasteiger partial charge on any atom is 0.340 e. The third-order valence-electron chi connectivity index (χ3n) is 6.73. The Labute approximate surface area is 252 Å². The fourth-order valence-electron chi connectivity index (χ4n) is 4.54. The Bertz CT molecular complexity index is 1570. The maximum atomic E-state index is 14.6. The van der Waals surface area contributed by atoms with Gasteiger partial charge in [0, 0.05) is 0 Å². The molecule has 9 nitrogen and oxygen atoms in total. The number of hydrogen-bond acceptors (Lipinski definition) is 9. The van der Waals surface area contributed by atoms with Gasteiger partial charge in [-0.25, -0.2) is 23.6 Å². The SMILES string of the molecule is O=C(O[C@@H]1O[C@H](CF)[C@@H](OC(=O)c2ccccc2)[C@@H](OC(=O)c2ccccc2)[C@H]1OC(=O)c1ccccc1)c1ccccc1. The van der Waals surface area contributed by atoms with Gasteiger partial charge >= 0.3 is 23.9 Å². The lowest BCUT2D eigenvalue weighted by atomic mass is 9.98. The van der Waals surface area contributed by atoms with E-state index in [9.17, 15) is 23.6 Å². The smallest absolute Gasteiger partial charge is 0.340 e. The molecule has 1 saturated heterocycles. The summed E-state index contributed by atoms with van der Waals surface area (Å²) in [6, 6.07) is 31.5. The number of carbonyl (C=O) groups excluding carboxylic acids is 4. The predicted molar refractivity (Wildman–Crippen MR) is 153 cm³/mol. The summed E-state index contributed by atoms with van der Waals surface area (Å²) in [7, 11) is 0. The van der Waals surface area contributed by atoms with E-state index in [-0.39, 0.29) is 22.3 Å². The van der Waals surface area contributed by atoms with E-state index in [2.05, 4.69) is 0 Å². The summed E-state index contributed by atoms with van der Waals surface area (Å²) in [5.74, 6) is -3.51. The number of halogens is 1. The summed E-state index contributed by atoms with van der Waals surface area (Å²) in [6.45, 7) is -1.23. The molecule has 1 fully saturated rings. The molecule has 224 valence electrons. The van der Waals surface area contributed by atoms with Crippen molar-refractivity contribution >= 4 is 23.9 Å². The van der Waals surface area contributed by atoms with Gasteiger partial charge in [0.25, 0.3) is 0 Å². The topological polar surface area (TPSA) is 114 Å². The number of esters is 4. The van der Waals surface area contributed by atoms with Crippen molar-refractivity contribution in [3.63, 3.8) is 0 Å². The van der Waals surface area contributed by atoms with Crippen LogP contribution in [0.15, 0.2) is 121 Å². The number of hydrogen-bond donors (Lipinski definition) is 0. The van der Waals surface area contributed by atoms with Crippen molar-refractivity contribution < 1.29 is 47.3 Å². The number of ether oxygens (including phenoxy) is 5. The molecule has 0 saturated carbocycles. The highest BCUT2D eigenvalue weighted by Gasteiger charge is 2.54. The van der Waals surface area contributed by atoms with Crippen LogP contribution in [0.5, 0.6) is 0 Å². The standard InChI is InChI=1S/C34H27FO9/c35-21-26-27(41-30(36)22-13-5-1-6-14-22)28(42-31(37)23-15-7-2-8-16-23)29(43-32(38)24-17-9-3-10-18-24)34(40-26)44-33(39)25-19-11-4-12-20-25/h1-20,26-29,34H,21H2/t26-,27-,28-,29-,34+/m1/s1.